The van der Waals surface area contributed by atoms with E-state index in [1.54, 1.807) is 0 Å². The lowest BCUT2D eigenvalue weighted by Gasteiger charge is -2.39. The molecule has 3 nitrogen and oxygen atoms in total. The second-order valence-corrected chi connectivity index (χ2v) is 5.78. The number of nitrogen functional groups attached to an aromatic ring is 1. The van der Waals surface area contributed by atoms with Gasteiger partial charge in [-0.25, -0.2) is 8.78 Å². The van der Waals surface area contributed by atoms with Crippen molar-refractivity contribution in [3.05, 3.63) is 29.3 Å². The van der Waals surface area contributed by atoms with E-state index < -0.39 is 23.1 Å². The molecule has 2 N–H and O–H groups in total. The Labute approximate surface area is 117 Å². The third-order valence-electron chi connectivity index (χ3n) is 4.45. The van der Waals surface area contributed by atoms with Gasteiger partial charge in [-0.15, -0.1) is 0 Å². The van der Waals surface area contributed by atoms with Crippen molar-refractivity contribution < 1.29 is 13.6 Å². The molecule has 1 fully saturated rings. The number of rotatable bonds is 2. The number of carbonyl (C=O) groups excluding carboxylic acids is 1. The molecule has 1 heterocycles. The van der Waals surface area contributed by atoms with E-state index in [4.69, 9.17) is 5.73 Å². The highest BCUT2D eigenvalue weighted by atomic mass is 19.1. The van der Waals surface area contributed by atoms with Crippen LogP contribution in [-0.4, -0.2) is 23.9 Å². The van der Waals surface area contributed by atoms with Crippen LogP contribution in [0.4, 0.5) is 14.5 Å². The molecule has 0 aliphatic carbocycles. The minimum absolute atomic E-state index is 0.204. The van der Waals surface area contributed by atoms with Crippen molar-refractivity contribution >= 4 is 11.6 Å². The summed E-state index contributed by atoms with van der Waals surface area (Å²) in [5.41, 5.74) is 4.88. The zero-order valence-corrected chi connectivity index (χ0v) is 11.9. The van der Waals surface area contributed by atoms with Gasteiger partial charge in [0.05, 0.1) is 5.69 Å². The van der Waals surface area contributed by atoms with E-state index in [0.29, 0.717) is 13.1 Å². The number of anilines is 1. The van der Waals surface area contributed by atoms with Crippen LogP contribution in [0.5, 0.6) is 0 Å². The number of nitrogens with two attached hydrogens (primary N) is 1. The molecule has 2 rings (SSSR count). The van der Waals surface area contributed by atoms with Crippen molar-refractivity contribution in [2.45, 2.75) is 33.1 Å². The third-order valence-corrected chi connectivity index (χ3v) is 4.45. The Kier molecular flexibility index (Phi) is 3.97. The van der Waals surface area contributed by atoms with E-state index in [-0.39, 0.29) is 11.1 Å². The SMILES string of the molecule is CCC1(C)CCN(C(=O)c2c(F)ccc(N)c2F)CC1. The Morgan fingerprint density at radius 1 is 1.35 bits per heavy atom. The van der Waals surface area contributed by atoms with Crippen LogP contribution in [0, 0.1) is 17.0 Å². The fourth-order valence-corrected chi connectivity index (χ4v) is 2.53. The van der Waals surface area contributed by atoms with Gasteiger partial charge in [0.15, 0.2) is 5.82 Å². The average Bonchev–Trinajstić information content (AvgIpc) is 2.44. The number of carbonyl (C=O) groups is 1. The third kappa shape index (κ3) is 2.62. The number of hydrogen-bond acceptors (Lipinski definition) is 2. The van der Waals surface area contributed by atoms with Crippen molar-refractivity contribution in [2.75, 3.05) is 18.8 Å². The smallest absolute Gasteiger partial charge is 0.259 e. The number of piperidine rings is 1. The summed E-state index contributed by atoms with van der Waals surface area (Å²) < 4.78 is 27.6. The topological polar surface area (TPSA) is 46.3 Å². The van der Waals surface area contributed by atoms with Crippen molar-refractivity contribution in [3.63, 3.8) is 0 Å². The van der Waals surface area contributed by atoms with Gasteiger partial charge in [-0.3, -0.25) is 4.79 Å². The molecule has 0 radical (unpaired) electrons. The predicted molar refractivity (Wildman–Crippen MR) is 74.3 cm³/mol. The van der Waals surface area contributed by atoms with E-state index in [1.165, 1.54) is 4.90 Å². The first-order valence-corrected chi connectivity index (χ1v) is 6.91. The molecule has 1 aliphatic heterocycles. The van der Waals surface area contributed by atoms with Crippen LogP contribution < -0.4 is 5.73 Å². The maximum absolute atomic E-state index is 13.9. The van der Waals surface area contributed by atoms with Gasteiger partial charge in [-0.1, -0.05) is 20.3 Å². The van der Waals surface area contributed by atoms with Crippen LogP contribution in [-0.2, 0) is 0 Å². The van der Waals surface area contributed by atoms with Gasteiger partial charge in [-0.2, -0.15) is 0 Å². The quantitative estimate of drug-likeness (QED) is 0.847. The van der Waals surface area contributed by atoms with E-state index in [1.807, 2.05) is 0 Å². The predicted octanol–water partition coefficient (Wildman–Crippen LogP) is 3.20. The maximum Gasteiger partial charge on any atom is 0.259 e. The number of benzene rings is 1. The van der Waals surface area contributed by atoms with E-state index >= 15 is 0 Å². The highest BCUT2D eigenvalue weighted by Gasteiger charge is 2.32. The van der Waals surface area contributed by atoms with E-state index in [2.05, 4.69) is 13.8 Å². The van der Waals surface area contributed by atoms with Gasteiger partial charge >= 0.3 is 0 Å². The normalized spacial score (nSPS) is 18.1. The lowest BCUT2D eigenvalue weighted by atomic mass is 9.78. The summed E-state index contributed by atoms with van der Waals surface area (Å²) in [5.74, 6) is -2.42. The lowest BCUT2D eigenvalue weighted by Crippen LogP contribution is -2.42. The molecular weight excluding hydrogens is 262 g/mol. The number of halogens is 2. The molecule has 1 aromatic carbocycles. The number of amides is 1. The Morgan fingerprint density at radius 3 is 2.50 bits per heavy atom. The van der Waals surface area contributed by atoms with Gasteiger partial charge in [0, 0.05) is 13.1 Å². The first kappa shape index (κ1) is 14.8. The largest absolute Gasteiger partial charge is 0.396 e. The van der Waals surface area contributed by atoms with Crippen LogP contribution in [0.25, 0.3) is 0 Å². The fraction of sp³-hybridized carbons (Fsp3) is 0.533. The molecule has 0 bridgehead atoms. The average molecular weight is 282 g/mol. The minimum atomic E-state index is -0.959. The van der Waals surface area contributed by atoms with Crippen molar-refractivity contribution in [1.29, 1.82) is 0 Å². The molecular formula is C15H20F2N2O. The van der Waals surface area contributed by atoms with Crippen LogP contribution in [0.1, 0.15) is 43.5 Å². The Hall–Kier alpha value is -1.65. The first-order valence-electron chi connectivity index (χ1n) is 6.91. The molecule has 0 saturated carbocycles. The van der Waals surface area contributed by atoms with Crippen molar-refractivity contribution in [1.82, 2.24) is 4.90 Å². The van der Waals surface area contributed by atoms with Crippen LogP contribution in [0.2, 0.25) is 0 Å². The number of likely N-dealkylation sites (tertiary alicyclic amines) is 1. The van der Waals surface area contributed by atoms with Crippen LogP contribution in [0.15, 0.2) is 12.1 Å². The van der Waals surface area contributed by atoms with Crippen molar-refractivity contribution in [3.8, 4) is 0 Å². The summed E-state index contributed by atoms with van der Waals surface area (Å²) in [6, 6.07) is 2.16. The van der Waals surface area contributed by atoms with Gasteiger partial charge < -0.3 is 10.6 Å². The van der Waals surface area contributed by atoms with Gasteiger partial charge in [-0.05, 0) is 30.4 Å². The second kappa shape index (κ2) is 5.38. The van der Waals surface area contributed by atoms with E-state index in [9.17, 15) is 13.6 Å². The maximum atomic E-state index is 13.9. The summed E-state index contributed by atoms with van der Waals surface area (Å²) in [7, 11) is 0. The molecule has 0 unspecified atom stereocenters. The Morgan fingerprint density at radius 2 is 1.95 bits per heavy atom. The van der Waals surface area contributed by atoms with Crippen LogP contribution >= 0.6 is 0 Å². The molecule has 1 aromatic rings. The molecule has 0 atom stereocenters. The van der Waals surface area contributed by atoms with Gasteiger partial charge in [0.2, 0.25) is 0 Å². The highest BCUT2D eigenvalue weighted by molar-refractivity contribution is 5.95. The molecule has 0 aromatic heterocycles. The lowest BCUT2D eigenvalue weighted by molar-refractivity contribution is 0.0591. The molecule has 1 amide bonds. The zero-order valence-electron chi connectivity index (χ0n) is 11.9. The first-order chi connectivity index (χ1) is 9.38. The summed E-state index contributed by atoms with van der Waals surface area (Å²) >= 11 is 0. The van der Waals surface area contributed by atoms with Crippen LogP contribution in [0.3, 0.4) is 0 Å². The molecule has 0 spiro atoms. The summed E-state index contributed by atoms with van der Waals surface area (Å²) in [5, 5.41) is 0. The molecule has 1 saturated heterocycles. The van der Waals surface area contributed by atoms with Gasteiger partial charge in [0.25, 0.3) is 5.91 Å². The molecule has 1 aliphatic rings. The highest BCUT2D eigenvalue weighted by Crippen LogP contribution is 2.34. The minimum Gasteiger partial charge on any atom is -0.396 e. The standard InChI is InChI=1S/C15H20F2N2O/c1-3-15(2)6-8-19(9-7-15)14(20)12-10(16)4-5-11(18)13(12)17/h4-5H,3,6-9,18H2,1-2H3. The molecule has 20 heavy (non-hydrogen) atoms. The van der Waals surface area contributed by atoms with Gasteiger partial charge in [0.1, 0.15) is 11.4 Å². The zero-order chi connectivity index (χ0) is 14.9. The summed E-state index contributed by atoms with van der Waals surface area (Å²) in [4.78, 5) is 13.8. The van der Waals surface area contributed by atoms with E-state index in [0.717, 1.165) is 31.4 Å². The number of hydrogen-bond donors (Lipinski definition) is 1. The molecule has 5 heteroatoms. The van der Waals surface area contributed by atoms with Crippen molar-refractivity contribution in [2.24, 2.45) is 5.41 Å². The monoisotopic (exact) mass is 282 g/mol. The summed E-state index contributed by atoms with van der Waals surface area (Å²) in [6.07, 6.45) is 2.73. The summed E-state index contributed by atoms with van der Waals surface area (Å²) in [6.45, 7) is 5.35. The molecule has 110 valence electrons. The Balaban J connectivity index is 2.20. The number of nitrogens with zero attached hydrogens (tertiary/aromatic N) is 1. The Bertz CT molecular complexity index is 523. The second-order valence-electron chi connectivity index (χ2n) is 5.78. The fourth-order valence-electron chi connectivity index (χ4n) is 2.53.